The summed E-state index contributed by atoms with van der Waals surface area (Å²) in [5.74, 6) is 1.22. The first-order chi connectivity index (χ1) is 12.6. The predicted molar refractivity (Wildman–Crippen MR) is 112 cm³/mol. The van der Waals surface area contributed by atoms with Crippen molar-refractivity contribution < 1.29 is 9.21 Å². The van der Waals surface area contributed by atoms with Gasteiger partial charge in [0, 0.05) is 19.0 Å². The smallest absolute Gasteiger partial charge is 0.349 e. The van der Waals surface area contributed by atoms with Gasteiger partial charge in [0.05, 0.1) is 6.20 Å². The normalized spacial score (nSPS) is 16.2. The Labute approximate surface area is 175 Å². The molecule has 3 N–H and O–H groups in total. The molecule has 2 aliphatic rings. The number of aromatic nitrogens is 2. The maximum Gasteiger partial charge on any atom is 0.349 e. The summed E-state index contributed by atoms with van der Waals surface area (Å²) in [6.45, 7) is 5.25. The van der Waals surface area contributed by atoms with E-state index in [0.29, 0.717) is 17.0 Å². The van der Waals surface area contributed by atoms with Gasteiger partial charge in [0.1, 0.15) is 22.8 Å². The van der Waals surface area contributed by atoms with Gasteiger partial charge < -0.3 is 20.4 Å². The van der Waals surface area contributed by atoms with Crippen molar-refractivity contribution in [3.05, 3.63) is 39.6 Å². The van der Waals surface area contributed by atoms with Gasteiger partial charge in [-0.3, -0.25) is 4.79 Å². The Morgan fingerprint density at radius 1 is 1.29 bits per heavy atom. The molecule has 4 rings (SSSR count). The molecule has 4 heterocycles. The number of rotatable bonds is 3. The largest absolute Gasteiger partial charge is 0.427 e. The summed E-state index contributed by atoms with van der Waals surface area (Å²) >= 11 is 0. The van der Waals surface area contributed by atoms with Crippen LogP contribution in [-0.2, 0) is 6.54 Å². The quantitative estimate of drug-likeness (QED) is 0.692. The van der Waals surface area contributed by atoms with Crippen LogP contribution >= 0.6 is 24.8 Å². The highest BCUT2D eigenvalue weighted by atomic mass is 35.5. The molecule has 154 valence electrons. The van der Waals surface area contributed by atoms with Gasteiger partial charge in [-0.25, -0.2) is 9.48 Å². The molecule has 2 aliphatic heterocycles. The van der Waals surface area contributed by atoms with E-state index < -0.39 is 11.5 Å². The van der Waals surface area contributed by atoms with Gasteiger partial charge in [0.15, 0.2) is 0 Å². The zero-order valence-electron chi connectivity index (χ0n) is 15.6. The van der Waals surface area contributed by atoms with Gasteiger partial charge in [-0.15, -0.1) is 24.8 Å². The molecule has 0 aromatic carbocycles. The fraction of sp³-hybridized carbons (Fsp3) is 0.500. The lowest BCUT2D eigenvalue weighted by molar-refractivity contribution is 0.102. The second-order valence-corrected chi connectivity index (χ2v) is 6.88. The zero-order chi connectivity index (χ0) is 18.1. The van der Waals surface area contributed by atoms with Gasteiger partial charge in [0.25, 0.3) is 5.91 Å². The number of nitrogens with one attached hydrogen (secondary N) is 3. The first-order valence-corrected chi connectivity index (χ1v) is 9.10. The van der Waals surface area contributed by atoms with E-state index in [1.54, 1.807) is 13.1 Å². The maximum atomic E-state index is 12.7. The van der Waals surface area contributed by atoms with E-state index in [-0.39, 0.29) is 36.3 Å². The summed E-state index contributed by atoms with van der Waals surface area (Å²) in [5, 5.41) is 13.6. The lowest BCUT2D eigenvalue weighted by atomic mass is 9.94. The van der Waals surface area contributed by atoms with Gasteiger partial charge in [-0.05, 0) is 50.9 Å². The van der Waals surface area contributed by atoms with E-state index in [2.05, 4.69) is 21.0 Å². The second-order valence-electron chi connectivity index (χ2n) is 6.88. The van der Waals surface area contributed by atoms with Crippen LogP contribution in [0.15, 0.2) is 21.5 Å². The third kappa shape index (κ3) is 4.34. The molecule has 10 heteroatoms. The third-order valence-electron chi connectivity index (χ3n) is 5.06. The molecule has 1 saturated heterocycles. The molecule has 0 saturated carbocycles. The van der Waals surface area contributed by atoms with E-state index >= 15 is 0 Å². The van der Waals surface area contributed by atoms with Crippen molar-refractivity contribution in [1.82, 2.24) is 15.1 Å². The first kappa shape index (κ1) is 22.3. The van der Waals surface area contributed by atoms with Crippen molar-refractivity contribution in [2.75, 3.05) is 30.3 Å². The Balaban J connectivity index is 0.00000140. The topological polar surface area (TPSA) is 101 Å². The van der Waals surface area contributed by atoms with Crippen LogP contribution in [0.2, 0.25) is 0 Å². The molecular formula is C18H25Cl2N5O3. The molecule has 2 aromatic rings. The second kappa shape index (κ2) is 9.45. The fourth-order valence-electron chi connectivity index (χ4n) is 3.67. The van der Waals surface area contributed by atoms with Crippen LogP contribution < -0.4 is 21.6 Å². The Kier molecular flexibility index (Phi) is 7.51. The highest BCUT2D eigenvalue weighted by Crippen LogP contribution is 2.27. The maximum absolute atomic E-state index is 12.7. The number of hydrogen-bond acceptors (Lipinski definition) is 6. The molecule has 1 fully saturated rings. The van der Waals surface area contributed by atoms with Gasteiger partial charge in [-0.1, -0.05) is 0 Å². The highest BCUT2D eigenvalue weighted by Gasteiger charge is 2.24. The highest BCUT2D eigenvalue weighted by molar-refractivity contribution is 6.06. The summed E-state index contributed by atoms with van der Waals surface area (Å²) < 4.78 is 7.32. The van der Waals surface area contributed by atoms with Crippen molar-refractivity contribution in [3.8, 4) is 0 Å². The van der Waals surface area contributed by atoms with Gasteiger partial charge in [0.2, 0.25) is 0 Å². The predicted octanol–water partition coefficient (Wildman–Crippen LogP) is 2.52. The van der Waals surface area contributed by atoms with Crippen LogP contribution in [0, 0.1) is 6.92 Å². The van der Waals surface area contributed by atoms with Crippen molar-refractivity contribution in [3.63, 3.8) is 0 Å². The molecule has 0 radical (unpaired) electrons. The molecule has 28 heavy (non-hydrogen) atoms. The van der Waals surface area contributed by atoms with Crippen LogP contribution in [0.3, 0.4) is 0 Å². The third-order valence-corrected chi connectivity index (χ3v) is 5.06. The van der Waals surface area contributed by atoms with Gasteiger partial charge in [-0.2, -0.15) is 5.10 Å². The molecule has 1 amide bonds. The summed E-state index contributed by atoms with van der Waals surface area (Å²) in [6, 6.07) is 1.83. The van der Waals surface area contributed by atoms with Crippen LogP contribution in [-0.4, -0.2) is 35.3 Å². The van der Waals surface area contributed by atoms with Crippen LogP contribution in [0.4, 0.5) is 11.5 Å². The van der Waals surface area contributed by atoms with E-state index in [1.807, 2.05) is 10.7 Å². The summed E-state index contributed by atoms with van der Waals surface area (Å²) in [5.41, 5.74) is 0.695. The lowest BCUT2D eigenvalue weighted by Crippen LogP contribution is -2.28. The molecular weight excluding hydrogens is 405 g/mol. The summed E-state index contributed by atoms with van der Waals surface area (Å²) in [6.07, 6.45) is 4.46. The average molecular weight is 430 g/mol. The summed E-state index contributed by atoms with van der Waals surface area (Å²) in [4.78, 5) is 25.2. The molecule has 0 unspecified atom stereocenters. The molecule has 0 spiro atoms. The SMILES string of the molecule is Cc1cc(C2CCNCC2)oc(=O)c1C(=O)Nc1cnn2c1NCCC2.Cl.Cl. The monoisotopic (exact) mass is 429 g/mol. The Morgan fingerprint density at radius 3 is 2.75 bits per heavy atom. The van der Waals surface area contributed by atoms with Crippen LogP contribution in [0.5, 0.6) is 0 Å². The molecule has 0 bridgehead atoms. The Bertz CT molecular complexity index is 890. The molecule has 8 nitrogen and oxygen atoms in total. The number of carbonyl (C=O) groups is 1. The number of piperidine rings is 1. The zero-order valence-corrected chi connectivity index (χ0v) is 17.3. The molecule has 0 atom stereocenters. The molecule has 0 aliphatic carbocycles. The Hall–Kier alpha value is -2.03. The average Bonchev–Trinajstić information content (AvgIpc) is 3.05. The van der Waals surface area contributed by atoms with Crippen LogP contribution in [0.25, 0.3) is 0 Å². The number of carbonyl (C=O) groups excluding carboxylic acids is 1. The van der Waals surface area contributed by atoms with E-state index in [9.17, 15) is 9.59 Å². The minimum Gasteiger partial charge on any atom is -0.427 e. The van der Waals surface area contributed by atoms with E-state index in [0.717, 1.165) is 51.3 Å². The number of amides is 1. The number of hydrogen-bond donors (Lipinski definition) is 3. The minimum atomic E-state index is -0.579. The number of nitrogens with zero attached hydrogens (tertiary/aromatic N) is 2. The lowest BCUT2D eigenvalue weighted by Gasteiger charge is -2.22. The first-order valence-electron chi connectivity index (χ1n) is 9.10. The fourth-order valence-corrected chi connectivity index (χ4v) is 3.67. The van der Waals surface area contributed by atoms with Crippen LogP contribution in [0.1, 0.15) is 46.9 Å². The number of halogens is 2. The standard InChI is InChI=1S/C18H23N5O3.2ClH/c1-11-9-14(12-3-6-19-7-4-12)26-18(25)15(11)17(24)22-13-10-21-23-8-2-5-20-16(13)23;;/h9-10,12,19-20H,2-8H2,1H3,(H,22,24);2*1H. The van der Waals surface area contributed by atoms with Crippen molar-refractivity contribution in [1.29, 1.82) is 0 Å². The Morgan fingerprint density at radius 2 is 2.04 bits per heavy atom. The number of aryl methyl sites for hydroxylation is 2. The van der Waals surface area contributed by atoms with Crippen molar-refractivity contribution in [2.45, 2.75) is 38.6 Å². The molecule has 2 aromatic heterocycles. The van der Waals surface area contributed by atoms with E-state index in [4.69, 9.17) is 4.42 Å². The van der Waals surface area contributed by atoms with Gasteiger partial charge >= 0.3 is 5.63 Å². The summed E-state index contributed by atoms with van der Waals surface area (Å²) in [7, 11) is 0. The number of anilines is 2. The minimum absolute atomic E-state index is 0. The van der Waals surface area contributed by atoms with E-state index in [1.165, 1.54) is 0 Å². The van der Waals surface area contributed by atoms with Crippen molar-refractivity contribution >= 4 is 42.2 Å². The van der Waals surface area contributed by atoms with Crippen molar-refractivity contribution in [2.24, 2.45) is 0 Å². The number of fused-ring (bicyclic) bond motifs is 1.